The third-order valence-corrected chi connectivity index (χ3v) is 8.22. The molecule has 33 heavy (non-hydrogen) atoms. The van der Waals surface area contributed by atoms with E-state index in [2.05, 4.69) is 31.8 Å². The monoisotopic (exact) mass is 451 g/mol. The zero-order valence-corrected chi connectivity index (χ0v) is 19.8. The van der Waals surface area contributed by atoms with Crippen molar-refractivity contribution >= 4 is 5.91 Å². The minimum Gasteiger partial charge on any atom is -0.508 e. The van der Waals surface area contributed by atoms with Gasteiger partial charge in [-0.1, -0.05) is 63.8 Å². The molecule has 2 aliphatic carbocycles. The van der Waals surface area contributed by atoms with E-state index in [1.165, 1.54) is 0 Å². The fraction of sp³-hybridized carbons (Fsp3) is 0.536. The van der Waals surface area contributed by atoms with Crippen molar-refractivity contribution in [3.05, 3.63) is 66.3 Å². The summed E-state index contributed by atoms with van der Waals surface area (Å²) >= 11 is 0. The molecule has 5 heteroatoms. The highest BCUT2D eigenvalue weighted by Gasteiger charge is 2.67. The number of aromatic hydroxyl groups is 1. The van der Waals surface area contributed by atoms with Crippen molar-refractivity contribution in [2.24, 2.45) is 35.0 Å². The zero-order valence-electron chi connectivity index (χ0n) is 19.8. The Morgan fingerprint density at radius 1 is 1.15 bits per heavy atom. The van der Waals surface area contributed by atoms with Crippen LogP contribution in [0, 0.1) is 35.0 Å². The molecule has 1 spiro atoms. The first-order valence-corrected chi connectivity index (χ1v) is 12.1. The molecule has 1 heterocycles. The van der Waals surface area contributed by atoms with Gasteiger partial charge in [0.25, 0.3) is 0 Å². The van der Waals surface area contributed by atoms with E-state index >= 15 is 0 Å². The molecular formula is C28H37NO4. The van der Waals surface area contributed by atoms with Crippen LogP contribution in [-0.2, 0) is 11.2 Å². The van der Waals surface area contributed by atoms with Crippen molar-refractivity contribution in [3.8, 4) is 5.75 Å². The molecule has 1 aliphatic heterocycles. The first kappa shape index (κ1) is 23.8. The molecule has 0 aromatic heterocycles. The van der Waals surface area contributed by atoms with Crippen molar-refractivity contribution in [1.82, 2.24) is 5.32 Å². The number of phenolic OH excluding ortho intramolecular Hbond substituents is 1. The van der Waals surface area contributed by atoms with Gasteiger partial charge in [-0.3, -0.25) is 4.79 Å². The number of aliphatic hydroxyl groups excluding tert-OH is 2. The molecule has 3 aliphatic rings. The third kappa shape index (κ3) is 4.06. The first-order chi connectivity index (χ1) is 15.7. The lowest BCUT2D eigenvalue weighted by atomic mass is 9.51. The van der Waals surface area contributed by atoms with Crippen molar-refractivity contribution in [1.29, 1.82) is 0 Å². The van der Waals surface area contributed by atoms with Gasteiger partial charge in [-0.05, 0) is 60.3 Å². The minimum absolute atomic E-state index is 0.171. The van der Waals surface area contributed by atoms with Gasteiger partial charge in [0, 0.05) is 17.9 Å². The molecular weight excluding hydrogens is 414 g/mol. The summed E-state index contributed by atoms with van der Waals surface area (Å²) in [5.41, 5.74) is 0.426. The molecule has 4 rings (SSSR count). The summed E-state index contributed by atoms with van der Waals surface area (Å²) in [5.74, 6) is -0.292. The largest absolute Gasteiger partial charge is 0.508 e. The van der Waals surface area contributed by atoms with Gasteiger partial charge >= 0.3 is 0 Å². The first-order valence-electron chi connectivity index (χ1n) is 12.1. The Kier molecular flexibility index (Phi) is 6.56. The molecule has 5 nitrogen and oxygen atoms in total. The average molecular weight is 452 g/mol. The van der Waals surface area contributed by atoms with Gasteiger partial charge in [-0.2, -0.15) is 0 Å². The molecule has 1 aromatic carbocycles. The molecule has 4 N–H and O–H groups in total. The van der Waals surface area contributed by atoms with Crippen LogP contribution in [0.2, 0.25) is 0 Å². The van der Waals surface area contributed by atoms with E-state index in [9.17, 15) is 20.1 Å². The molecule has 1 saturated carbocycles. The van der Waals surface area contributed by atoms with E-state index < -0.39 is 23.5 Å². The molecule has 9 atom stereocenters. The molecule has 178 valence electrons. The number of rotatable bonds is 2. The number of benzene rings is 1. The van der Waals surface area contributed by atoms with Gasteiger partial charge < -0.3 is 20.6 Å². The van der Waals surface area contributed by atoms with E-state index in [0.29, 0.717) is 17.9 Å². The van der Waals surface area contributed by atoms with E-state index in [1.54, 1.807) is 24.3 Å². The van der Waals surface area contributed by atoms with Gasteiger partial charge in [0.15, 0.2) is 0 Å². The number of carbonyl (C=O) groups is 1. The number of amides is 1. The van der Waals surface area contributed by atoms with Crippen molar-refractivity contribution in [2.75, 3.05) is 0 Å². The van der Waals surface area contributed by atoms with Gasteiger partial charge in [0.1, 0.15) is 5.75 Å². The second-order valence-electron chi connectivity index (χ2n) is 10.6. The van der Waals surface area contributed by atoms with Crippen LogP contribution < -0.4 is 5.32 Å². The molecule has 1 amide bonds. The number of allylic oxidation sites excluding steroid dienone is 2. The maximum absolute atomic E-state index is 13.8. The zero-order chi connectivity index (χ0) is 23.9. The summed E-state index contributed by atoms with van der Waals surface area (Å²) in [4.78, 5) is 13.8. The summed E-state index contributed by atoms with van der Waals surface area (Å²) < 4.78 is 0. The lowest BCUT2D eigenvalue weighted by molar-refractivity contribution is -0.147. The van der Waals surface area contributed by atoms with E-state index in [1.807, 2.05) is 25.1 Å². The third-order valence-electron chi connectivity index (χ3n) is 8.22. The number of hydrogen-bond donors (Lipinski definition) is 4. The standard InChI is InChI=1S/C28H37NO4/c1-16-7-5-10-22-26(32)19(4)18(3)25-23(15-20-8-6-9-21(30)14-20)29-27(33)28(22,25)24(31)12-11-17(2)13-16/h5-6,8-12,14,16-18,22-26,30-32H,4,7,13,15H2,1-3H3,(H,29,33). The second-order valence-corrected chi connectivity index (χ2v) is 10.6. The van der Waals surface area contributed by atoms with Crippen LogP contribution in [0.15, 0.2) is 60.7 Å². The van der Waals surface area contributed by atoms with Gasteiger partial charge in [0.05, 0.1) is 17.6 Å². The fourth-order valence-corrected chi connectivity index (χ4v) is 6.62. The van der Waals surface area contributed by atoms with Gasteiger partial charge in [-0.25, -0.2) is 0 Å². The predicted molar refractivity (Wildman–Crippen MR) is 129 cm³/mol. The topological polar surface area (TPSA) is 89.8 Å². The molecule has 9 unspecified atom stereocenters. The highest BCUT2D eigenvalue weighted by molar-refractivity contribution is 5.88. The number of carbonyl (C=O) groups excluding carboxylic acids is 1. The Bertz CT molecular complexity index is 968. The molecule has 1 aromatic rings. The summed E-state index contributed by atoms with van der Waals surface area (Å²) in [6.07, 6.45) is 8.26. The van der Waals surface area contributed by atoms with Crippen molar-refractivity contribution in [2.45, 2.75) is 58.3 Å². The van der Waals surface area contributed by atoms with Crippen molar-refractivity contribution < 1.29 is 20.1 Å². The molecule has 0 radical (unpaired) electrons. The van der Waals surface area contributed by atoms with E-state index in [4.69, 9.17) is 0 Å². The fourth-order valence-electron chi connectivity index (χ4n) is 6.62. The van der Waals surface area contributed by atoms with Crippen LogP contribution in [0.25, 0.3) is 0 Å². The minimum atomic E-state index is -1.19. The Morgan fingerprint density at radius 3 is 2.64 bits per heavy atom. The lowest BCUT2D eigenvalue weighted by Crippen LogP contribution is -2.59. The number of hydrogen-bond acceptors (Lipinski definition) is 4. The predicted octanol–water partition coefficient (Wildman–Crippen LogP) is 3.76. The summed E-state index contributed by atoms with van der Waals surface area (Å²) in [5, 5.41) is 36.0. The van der Waals surface area contributed by atoms with E-state index in [-0.39, 0.29) is 35.5 Å². The smallest absolute Gasteiger partial charge is 0.230 e. The Balaban J connectivity index is 1.83. The lowest BCUT2D eigenvalue weighted by Gasteiger charge is -2.51. The normalized spacial score (nSPS) is 41.1. The molecule has 1 saturated heterocycles. The molecule has 0 bridgehead atoms. The maximum atomic E-state index is 13.8. The van der Waals surface area contributed by atoms with Gasteiger partial charge in [-0.15, -0.1) is 0 Å². The maximum Gasteiger partial charge on any atom is 0.230 e. The van der Waals surface area contributed by atoms with Crippen LogP contribution >= 0.6 is 0 Å². The Morgan fingerprint density at radius 2 is 1.91 bits per heavy atom. The van der Waals surface area contributed by atoms with E-state index in [0.717, 1.165) is 18.4 Å². The van der Waals surface area contributed by atoms with Crippen LogP contribution in [0.5, 0.6) is 5.75 Å². The number of phenols is 1. The summed E-state index contributed by atoms with van der Waals surface area (Å²) in [7, 11) is 0. The van der Waals surface area contributed by atoms with Crippen LogP contribution in [0.3, 0.4) is 0 Å². The van der Waals surface area contributed by atoms with Crippen LogP contribution in [0.4, 0.5) is 0 Å². The highest BCUT2D eigenvalue weighted by Crippen LogP contribution is 2.57. The van der Waals surface area contributed by atoms with Crippen molar-refractivity contribution in [3.63, 3.8) is 0 Å². The number of aliphatic hydroxyl groups is 2. The van der Waals surface area contributed by atoms with Crippen LogP contribution in [-0.4, -0.2) is 39.5 Å². The second kappa shape index (κ2) is 9.11. The quantitative estimate of drug-likeness (QED) is 0.516. The van der Waals surface area contributed by atoms with Gasteiger partial charge in [0.2, 0.25) is 5.91 Å². The average Bonchev–Trinajstić information content (AvgIpc) is 3.04. The molecule has 2 fully saturated rings. The summed E-state index contributed by atoms with van der Waals surface area (Å²) in [6.45, 7) is 10.5. The highest BCUT2D eigenvalue weighted by atomic mass is 16.3. The SMILES string of the molecule is C=C1C(C)C2C(Cc3cccc(O)c3)NC(=O)C23C(O)C=CC(C)CC(C)CC=CC3C1O. The Labute approximate surface area is 196 Å². The number of nitrogens with one attached hydrogen (secondary N) is 1. The van der Waals surface area contributed by atoms with Crippen LogP contribution in [0.1, 0.15) is 39.2 Å². The summed E-state index contributed by atoms with van der Waals surface area (Å²) in [6, 6.07) is 6.81. The Hall–Kier alpha value is -2.37.